The van der Waals surface area contributed by atoms with Crippen LogP contribution in [-0.4, -0.2) is 33.3 Å². The van der Waals surface area contributed by atoms with Crippen molar-refractivity contribution >= 4 is 10.9 Å². The molecule has 0 radical (unpaired) electrons. The molecule has 4 aromatic rings. The molecule has 3 N–H and O–H groups in total. The van der Waals surface area contributed by atoms with Crippen molar-refractivity contribution in [3.63, 3.8) is 0 Å². The third-order valence-corrected chi connectivity index (χ3v) is 5.40. The number of hydrogen-bond donors (Lipinski definition) is 3. The molecule has 3 heterocycles. The van der Waals surface area contributed by atoms with Crippen molar-refractivity contribution in [2.24, 2.45) is 0 Å². The van der Waals surface area contributed by atoms with Gasteiger partial charge in [-0.2, -0.15) is 5.10 Å². The van der Waals surface area contributed by atoms with E-state index in [1.807, 2.05) is 24.3 Å². The van der Waals surface area contributed by atoms with Gasteiger partial charge in [-0.1, -0.05) is 18.2 Å². The maximum atomic E-state index is 13.7. The summed E-state index contributed by atoms with van der Waals surface area (Å²) in [5.41, 5.74) is 3.21. The van der Waals surface area contributed by atoms with Crippen LogP contribution in [0.15, 0.2) is 59.7 Å². The number of nitrogens with one attached hydrogen (secondary N) is 3. The first kappa shape index (κ1) is 16.8. The van der Waals surface area contributed by atoms with Crippen LogP contribution >= 0.6 is 0 Å². The number of H-pyrrole nitrogens is 2. The van der Waals surface area contributed by atoms with Gasteiger partial charge in [-0.15, -0.1) is 0 Å². The van der Waals surface area contributed by atoms with Gasteiger partial charge in [-0.3, -0.25) is 9.89 Å². The third kappa shape index (κ3) is 2.90. The molecule has 1 fully saturated rings. The smallest absolute Gasteiger partial charge is 0.258 e. The second-order valence-electron chi connectivity index (χ2n) is 7.10. The summed E-state index contributed by atoms with van der Waals surface area (Å²) >= 11 is 0. The molecule has 28 heavy (non-hydrogen) atoms. The Bertz CT molecular complexity index is 1200. The Labute approximate surface area is 159 Å². The summed E-state index contributed by atoms with van der Waals surface area (Å²) in [6.07, 6.45) is 3.50. The number of rotatable bonds is 3. The highest BCUT2D eigenvalue weighted by atomic mass is 19.1. The molecular weight excluding hydrogens is 357 g/mol. The Balaban J connectivity index is 1.56. The summed E-state index contributed by atoms with van der Waals surface area (Å²) in [5.74, 6) is 0.414. The monoisotopic (exact) mass is 375 g/mol. The highest BCUT2D eigenvalue weighted by Gasteiger charge is 2.32. The van der Waals surface area contributed by atoms with Crippen molar-refractivity contribution < 1.29 is 4.39 Å². The van der Waals surface area contributed by atoms with Gasteiger partial charge in [0.2, 0.25) is 0 Å². The van der Waals surface area contributed by atoms with Crippen LogP contribution in [-0.2, 0) is 0 Å². The van der Waals surface area contributed by atoms with Crippen LogP contribution in [0.4, 0.5) is 4.39 Å². The summed E-state index contributed by atoms with van der Waals surface area (Å²) in [7, 11) is 0. The molecule has 0 spiro atoms. The highest BCUT2D eigenvalue weighted by Crippen LogP contribution is 2.34. The molecule has 0 amide bonds. The van der Waals surface area contributed by atoms with E-state index in [0.717, 1.165) is 23.2 Å². The second-order valence-corrected chi connectivity index (χ2v) is 7.10. The second kappa shape index (κ2) is 6.69. The number of aromatic amines is 2. The molecule has 0 saturated carbocycles. The number of hydrogen-bond acceptors (Lipinski definition) is 4. The maximum absolute atomic E-state index is 13.7. The van der Waals surface area contributed by atoms with Gasteiger partial charge in [0.1, 0.15) is 11.6 Å². The van der Waals surface area contributed by atoms with E-state index in [0.29, 0.717) is 23.3 Å². The van der Waals surface area contributed by atoms with Crippen LogP contribution in [0.2, 0.25) is 0 Å². The van der Waals surface area contributed by atoms with E-state index in [-0.39, 0.29) is 23.2 Å². The number of fused-ring (bicyclic) bond motifs is 1. The molecule has 1 aliphatic rings. The lowest BCUT2D eigenvalue weighted by Gasteiger charge is -2.18. The lowest BCUT2D eigenvalue weighted by molar-refractivity contribution is 0.602. The molecule has 0 bridgehead atoms. The molecule has 1 saturated heterocycles. The van der Waals surface area contributed by atoms with Crippen LogP contribution in [0.5, 0.6) is 0 Å². The van der Waals surface area contributed by atoms with Gasteiger partial charge in [0.25, 0.3) is 5.56 Å². The zero-order chi connectivity index (χ0) is 19.1. The number of nitrogens with zero attached hydrogens (tertiary/aromatic N) is 2. The topological polar surface area (TPSA) is 86.5 Å². The van der Waals surface area contributed by atoms with Crippen molar-refractivity contribution in [1.82, 2.24) is 25.5 Å². The first-order valence-electron chi connectivity index (χ1n) is 9.18. The Morgan fingerprint density at radius 3 is 2.75 bits per heavy atom. The first-order chi connectivity index (χ1) is 13.7. The maximum Gasteiger partial charge on any atom is 0.258 e. The van der Waals surface area contributed by atoms with E-state index in [1.165, 1.54) is 6.07 Å². The van der Waals surface area contributed by atoms with Gasteiger partial charge in [-0.05, 0) is 35.4 Å². The Morgan fingerprint density at radius 1 is 1.04 bits per heavy atom. The van der Waals surface area contributed by atoms with Gasteiger partial charge in [0.15, 0.2) is 0 Å². The van der Waals surface area contributed by atoms with Gasteiger partial charge in [-0.25, -0.2) is 9.37 Å². The molecule has 140 valence electrons. The average Bonchev–Trinajstić information content (AvgIpc) is 3.40. The molecule has 2 unspecified atom stereocenters. The fourth-order valence-electron chi connectivity index (χ4n) is 3.97. The molecular formula is C21H18FN5O. The van der Waals surface area contributed by atoms with Gasteiger partial charge in [0, 0.05) is 36.7 Å². The van der Waals surface area contributed by atoms with Crippen LogP contribution in [0.1, 0.15) is 23.2 Å². The van der Waals surface area contributed by atoms with Crippen molar-refractivity contribution in [1.29, 1.82) is 0 Å². The molecule has 7 heteroatoms. The molecule has 2 aromatic heterocycles. The van der Waals surface area contributed by atoms with E-state index in [2.05, 4.69) is 20.5 Å². The SMILES string of the molecule is O=c1[nH]c(C2CNCC2c2cccc(F)c2)nc2ccc(-c3cn[nH]c3)cc12. The summed E-state index contributed by atoms with van der Waals surface area (Å²) in [4.78, 5) is 20.5. The van der Waals surface area contributed by atoms with Gasteiger partial charge < -0.3 is 10.3 Å². The van der Waals surface area contributed by atoms with Crippen molar-refractivity contribution in [2.75, 3.05) is 13.1 Å². The van der Waals surface area contributed by atoms with Crippen LogP contribution in [0, 0.1) is 5.82 Å². The summed E-state index contributed by atoms with van der Waals surface area (Å²) < 4.78 is 13.7. The summed E-state index contributed by atoms with van der Waals surface area (Å²) in [6.45, 7) is 1.40. The summed E-state index contributed by atoms with van der Waals surface area (Å²) in [6, 6.07) is 12.2. The van der Waals surface area contributed by atoms with Gasteiger partial charge in [0.05, 0.1) is 17.1 Å². The van der Waals surface area contributed by atoms with E-state index in [9.17, 15) is 9.18 Å². The molecule has 0 aliphatic carbocycles. The number of aromatic nitrogens is 4. The molecule has 5 rings (SSSR count). The highest BCUT2D eigenvalue weighted by molar-refractivity contribution is 5.83. The number of benzene rings is 2. The Morgan fingerprint density at radius 2 is 1.93 bits per heavy atom. The zero-order valence-electron chi connectivity index (χ0n) is 14.9. The summed E-state index contributed by atoms with van der Waals surface area (Å²) in [5, 5.41) is 10.6. The third-order valence-electron chi connectivity index (χ3n) is 5.40. The minimum Gasteiger partial charge on any atom is -0.315 e. The first-order valence-corrected chi connectivity index (χ1v) is 9.18. The Kier molecular flexibility index (Phi) is 4.02. The van der Waals surface area contributed by atoms with Crippen LogP contribution in [0.3, 0.4) is 0 Å². The molecule has 2 aromatic carbocycles. The van der Waals surface area contributed by atoms with E-state index in [1.54, 1.807) is 24.5 Å². The molecule has 2 atom stereocenters. The van der Waals surface area contributed by atoms with Crippen molar-refractivity contribution in [3.8, 4) is 11.1 Å². The van der Waals surface area contributed by atoms with E-state index < -0.39 is 0 Å². The van der Waals surface area contributed by atoms with Crippen molar-refractivity contribution in [2.45, 2.75) is 11.8 Å². The molecule has 6 nitrogen and oxygen atoms in total. The fraction of sp³-hybridized carbons (Fsp3) is 0.190. The average molecular weight is 375 g/mol. The van der Waals surface area contributed by atoms with Crippen LogP contribution in [0.25, 0.3) is 22.0 Å². The van der Waals surface area contributed by atoms with E-state index >= 15 is 0 Å². The predicted molar refractivity (Wildman–Crippen MR) is 105 cm³/mol. The van der Waals surface area contributed by atoms with Gasteiger partial charge >= 0.3 is 0 Å². The predicted octanol–water partition coefficient (Wildman–Crippen LogP) is 2.92. The normalized spacial score (nSPS) is 19.3. The molecule has 1 aliphatic heterocycles. The quantitative estimate of drug-likeness (QED) is 0.514. The fourth-order valence-corrected chi connectivity index (χ4v) is 3.97. The lowest BCUT2D eigenvalue weighted by atomic mass is 9.88. The lowest BCUT2D eigenvalue weighted by Crippen LogP contribution is -2.19. The zero-order valence-corrected chi connectivity index (χ0v) is 14.9. The minimum atomic E-state index is -0.255. The van der Waals surface area contributed by atoms with Crippen molar-refractivity contribution in [3.05, 3.63) is 82.4 Å². The largest absolute Gasteiger partial charge is 0.315 e. The Hall–Kier alpha value is -3.32. The minimum absolute atomic E-state index is 0.0209. The standard InChI is InChI=1S/C21H18FN5O/c22-15-3-1-2-13(6-15)17-10-23-11-18(17)20-26-19-5-4-12(14-8-24-25-9-14)7-16(19)21(28)27-20/h1-9,17-18,23H,10-11H2,(H,24,25)(H,26,27,28). The van der Waals surface area contributed by atoms with E-state index in [4.69, 9.17) is 4.98 Å². The van der Waals surface area contributed by atoms with Crippen LogP contribution < -0.4 is 10.9 Å². The number of halogens is 1.